The van der Waals surface area contributed by atoms with E-state index in [1.54, 1.807) is 12.4 Å². The van der Waals surface area contributed by atoms with Crippen LogP contribution in [-0.4, -0.2) is 22.0 Å². The van der Waals surface area contributed by atoms with Gasteiger partial charge in [-0.25, -0.2) is 4.98 Å². The quantitative estimate of drug-likeness (QED) is 0.849. The Morgan fingerprint density at radius 2 is 2.37 bits per heavy atom. The van der Waals surface area contributed by atoms with Crippen LogP contribution in [0.5, 0.6) is 5.75 Å². The number of hydrogen-bond acceptors (Lipinski definition) is 3. The Kier molecular flexibility index (Phi) is 2.79. The van der Waals surface area contributed by atoms with Crippen LogP contribution in [-0.2, 0) is 6.61 Å². The first-order valence-electron chi connectivity index (χ1n) is 5.99. The number of carbonyl (C=O) groups is 1. The average molecular weight is 255 g/mol. The lowest BCUT2D eigenvalue weighted by Crippen LogP contribution is -2.26. The molecule has 0 saturated carbocycles. The van der Waals surface area contributed by atoms with Gasteiger partial charge in [-0.15, -0.1) is 6.58 Å². The van der Waals surface area contributed by atoms with Gasteiger partial charge in [-0.3, -0.25) is 9.36 Å². The highest BCUT2D eigenvalue weighted by Gasteiger charge is 2.23. The predicted octanol–water partition coefficient (Wildman–Crippen LogP) is 1.68. The van der Waals surface area contributed by atoms with Gasteiger partial charge in [-0.05, 0) is 12.1 Å². The summed E-state index contributed by atoms with van der Waals surface area (Å²) >= 11 is 0. The van der Waals surface area contributed by atoms with Crippen molar-refractivity contribution in [2.75, 3.05) is 6.54 Å². The molecule has 0 saturated heterocycles. The van der Waals surface area contributed by atoms with E-state index in [0.29, 0.717) is 18.8 Å². The standard InChI is InChI=1S/C14H13N3O2/c1-2-7-15-14(18)13-11-8-19-12-6-4-3-5-10(12)17(11)9-16-13/h2-6,9H,1,7-8H2,(H,15,18). The summed E-state index contributed by atoms with van der Waals surface area (Å²) in [6.07, 6.45) is 3.28. The van der Waals surface area contributed by atoms with Crippen molar-refractivity contribution in [3.8, 4) is 11.4 Å². The summed E-state index contributed by atoms with van der Waals surface area (Å²) in [5.41, 5.74) is 2.07. The number of imidazole rings is 1. The van der Waals surface area contributed by atoms with Crippen LogP contribution in [0.25, 0.3) is 5.69 Å². The van der Waals surface area contributed by atoms with Crippen molar-refractivity contribution in [2.24, 2.45) is 0 Å². The predicted molar refractivity (Wildman–Crippen MR) is 70.4 cm³/mol. The van der Waals surface area contributed by atoms with Crippen LogP contribution in [0.2, 0.25) is 0 Å². The number of amides is 1. The maximum Gasteiger partial charge on any atom is 0.272 e. The fourth-order valence-electron chi connectivity index (χ4n) is 2.08. The minimum absolute atomic E-state index is 0.211. The van der Waals surface area contributed by atoms with Crippen LogP contribution < -0.4 is 10.1 Å². The Labute approximate surface area is 110 Å². The van der Waals surface area contributed by atoms with Gasteiger partial charge in [0.05, 0.1) is 11.4 Å². The molecule has 2 aromatic rings. The van der Waals surface area contributed by atoms with E-state index in [4.69, 9.17) is 4.74 Å². The van der Waals surface area contributed by atoms with E-state index >= 15 is 0 Å². The lowest BCUT2D eigenvalue weighted by atomic mass is 10.2. The minimum Gasteiger partial charge on any atom is -0.485 e. The van der Waals surface area contributed by atoms with Gasteiger partial charge in [-0.1, -0.05) is 18.2 Å². The Morgan fingerprint density at radius 3 is 3.21 bits per heavy atom. The summed E-state index contributed by atoms with van der Waals surface area (Å²) in [5.74, 6) is 0.585. The maximum absolute atomic E-state index is 12.0. The maximum atomic E-state index is 12.0. The molecule has 1 amide bonds. The number of nitrogens with zero attached hydrogens (tertiary/aromatic N) is 2. The highest BCUT2D eigenvalue weighted by Crippen LogP contribution is 2.30. The van der Waals surface area contributed by atoms with Gasteiger partial charge in [0.25, 0.3) is 5.91 Å². The summed E-state index contributed by atoms with van der Waals surface area (Å²) in [5, 5.41) is 2.72. The highest BCUT2D eigenvalue weighted by molar-refractivity contribution is 5.93. The van der Waals surface area contributed by atoms with E-state index in [9.17, 15) is 4.79 Å². The SMILES string of the molecule is C=CCNC(=O)c1ncn2c1COc1ccccc1-2. The second-order valence-corrected chi connectivity index (χ2v) is 4.16. The second kappa shape index (κ2) is 4.61. The third kappa shape index (κ3) is 1.89. The van der Waals surface area contributed by atoms with Crippen molar-refractivity contribution in [1.29, 1.82) is 0 Å². The van der Waals surface area contributed by atoms with Crippen LogP contribution in [0.4, 0.5) is 0 Å². The molecule has 1 aromatic carbocycles. The molecule has 0 bridgehead atoms. The van der Waals surface area contributed by atoms with Crippen molar-refractivity contribution in [3.05, 3.63) is 54.6 Å². The number of nitrogens with one attached hydrogen (secondary N) is 1. The summed E-state index contributed by atoms with van der Waals surface area (Å²) in [4.78, 5) is 16.1. The number of carbonyl (C=O) groups excluding carboxylic acids is 1. The molecule has 3 rings (SSSR count). The topological polar surface area (TPSA) is 56.2 Å². The molecular formula is C14H13N3O2. The number of hydrogen-bond donors (Lipinski definition) is 1. The molecule has 1 aliphatic heterocycles. The number of ether oxygens (including phenoxy) is 1. The zero-order valence-electron chi connectivity index (χ0n) is 10.3. The summed E-state index contributed by atoms with van der Waals surface area (Å²) in [6, 6.07) is 7.67. The third-order valence-electron chi connectivity index (χ3n) is 2.98. The molecule has 96 valence electrons. The molecular weight excluding hydrogens is 242 g/mol. The molecule has 2 heterocycles. The van der Waals surface area contributed by atoms with E-state index < -0.39 is 0 Å². The van der Waals surface area contributed by atoms with E-state index in [1.165, 1.54) is 0 Å². The fourth-order valence-corrected chi connectivity index (χ4v) is 2.08. The first kappa shape index (κ1) is 11.5. The molecule has 0 unspecified atom stereocenters. The Hall–Kier alpha value is -2.56. The summed E-state index contributed by atoms with van der Waals surface area (Å²) in [7, 11) is 0. The van der Waals surface area contributed by atoms with Gasteiger partial charge >= 0.3 is 0 Å². The van der Waals surface area contributed by atoms with Crippen LogP contribution in [0.15, 0.2) is 43.2 Å². The number of fused-ring (bicyclic) bond motifs is 3. The second-order valence-electron chi connectivity index (χ2n) is 4.16. The van der Waals surface area contributed by atoms with Gasteiger partial charge in [0.15, 0.2) is 5.69 Å². The van der Waals surface area contributed by atoms with Crippen molar-refractivity contribution in [2.45, 2.75) is 6.61 Å². The average Bonchev–Trinajstić information content (AvgIpc) is 2.89. The van der Waals surface area contributed by atoms with Crippen LogP contribution in [0.3, 0.4) is 0 Å². The number of para-hydroxylation sites is 2. The first-order chi connectivity index (χ1) is 9.31. The fraction of sp³-hybridized carbons (Fsp3) is 0.143. The monoisotopic (exact) mass is 255 g/mol. The number of aromatic nitrogens is 2. The minimum atomic E-state index is -0.211. The molecule has 0 aliphatic carbocycles. The molecule has 0 spiro atoms. The number of rotatable bonds is 3. The van der Waals surface area contributed by atoms with Crippen LogP contribution in [0.1, 0.15) is 16.2 Å². The first-order valence-corrected chi connectivity index (χ1v) is 5.99. The van der Waals surface area contributed by atoms with Crippen molar-refractivity contribution in [1.82, 2.24) is 14.9 Å². The van der Waals surface area contributed by atoms with Crippen LogP contribution in [0, 0.1) is 0 Å². The molecule has 19 heavy (non-hydrogen) atoms. The van der Waals surface area contributed by atoms with Gasteiger partial charge in [0.2, 0.25) is 0 Å². The molecule has 5 nitrogen and oxygen atoms in total. The highest BCUT2D eigenvalue weighted by atomic mass is 16.5. The normalized spacial score (nSPS) is 12.0. The Bertz CT molecular complexity index is 646. The Balaban J connectivity index is 1.99. The molecule has 1 N–H and O–H groups in total. The van der Waals surface area contributed by atoms with E-state index in [-0.39, 0.29) is 5.91 Å². The van der Waals surface area contributed by atoms with E-state index in [1.807, 2.05) is 28.8 Å². The molecule has 0 radical (unpaired) electrons. The Morgan fingerprint density at radius 1 is 1.53 bits per heavy atom. The van der Waals surface area contributed by atoms with Gasteiger partial charge in [0.1, 0.15) is 18.7 Å². The van der Waals surface area contributed by atoms with Crippen molar-refractivity contribution >= 4 is 5.91 Å². The summed E-state index contributed by atoms with van der Waals surface area (Å²) < 4.78 is 7.53. The van der Waals surface area contributed by atoms with Crippen molar-refractivity contribution in [3.63, 3.8) is 0 Å². The third-order valence-corrected chi connectivity index (χ3v) is 2.98. The molecule has 0 fully saturated rings. The van der Waals surface area contributed by atoms with Gasteiger partial charge < -0.3 is 10.1 Å². The van der Waals surface area contributed by atoms with Gasteiger partial charge in [0, 0.05) is 6.54 Å². The molecule has 1 aromatic heterocycles. The zero-order chi connectivity index (χ0) is 13.2. The smallest absolute Gasteiger partial charge is 0.272 e. The van der Waals surface area contributed by atoms with Crippen molar-refractivity contribution < 1.29 is 9.53 Å². The lowest BCUT2D eigenvalue weighted by Gasteiger charge is -2.20. The molecule has 5 heteroatoms. The van der Waals surface area contributed by atoms with E-state index in [0.717, 1.165) is 17.1 Å². The van der Waals surface area contributed by atoms with E-state index in [2.05, 4.69) is 16.9 Å². The summed E-state index contributed by atoms with van der Waals surface area (Å²) in [6.45, 7) is 4.33. The number of benzene rings is 1. The lowest BCUT2D eigenvalue weighted by molar-refractivity contribution is 0.0950. The molecule has 1 aliphatic rings. The largest absolute Gasteiger partial charge is 0.485 e. The zero-order valence-corrected chi connectivity index (χ0v) is 10.3. The molecule has 0 atom stereocenters. The van der Waals surface area contributed by atoms with Crippen LogP contribution >= 0.6 is 0 Å². The van der Waals surface area contributed by atoms with Gasteiger partial charge in [-0.2, -0.15) is 0 Å².